The number of rotatable bonds is 4. The first-order valence-electron chi connectivity index (χ1n) is 7.67. The Morgan fingerprint density at radius 1 is 1.33 bits per heavy atom. The lowest BCUT2D eigenvalue weighted by atomic mass is 10.0. The number of likely N-dealkylation sites (tertiary alicyclic amines) is 1. The minimum atomic E-state index is -0.215. The van der Waals surface area contributed by atoms with Crippen LogP contribution in [0, 0.1) is 5.82 Å². The van der Waals surface area contributed by atoms with Gasteiger partial charge in [-0.25, -0.2) is 9.37 Å². The predicted molar refractivity (Wildman–Crippen MR) is 84.3 cm³/mol. The number of halogens is 2. The van der Waals surface area contributed by atoms with Gasteiger partial charge in [0.2, 0.25) is 0 Å². The molecule has 0 spiro atoms. The molecule has 1 aromatic heterocycles. The van der Waals surface area contributed by atoms with Gasteiger partial charge in [-0.1, -0.05) is 6.92 Å². The molecule has 3 rings (SSSR count). The van der Waals surface area contributed by atoms with Crippen LogP contribution in [0.4, 0.5) is 4.39 Å². The molecule has 0 N–H and O–H groups in total. The molecule has 1 fully saturated rings. The fraction of sp³-hybridized carbons (Fsp3) is 0.562. The van der Waals surface area contributed by atoms with E-state index in [-0.39, 0.29) is 5.82 Å². The maximum atomic E-state index is 13.6. The van der Waals surface area contributed by atoms with Crippen molar-refractivity contribution in [2.24, 2.45) is 0 Å². The number of alkyl halides is 1. The maximum absolute atomic E-state index is 13.6. The first-order chi connectivity index (χ1) is 10.2. The van der Waals surface area contributed by atoms with Crippen LogP contribution in [-0.2, 0) is 5.88 Å². The van der Waals surface area contributed by atoms with E-state index in [1.54, 1.807) is 12.1 Å². The average molecular weight is 310 g/mol. The SMILES string of the molecule is CCCN1CCC(n2c(CCl)nc3ccc(F)cc32)CC1. The number of imidazole rings is 1. The van der Waals surface area contributed by atoms with E-state index >= 15 is 0 Å². The van der Waals surface area contributed by atoms with Crippen LogP contribution in [0.2, 0.25) is 0 Å². The topological polar surface area (TPSA) is 21.1 Å². The molecule has 3 nitrogen and oxygen atoms in total. The summed E-state index contributed by atoms with van der Waals surface area (Å²) >= 11 is 6.05. The molecule has 1 saturated heterocycles. The molecule has 1 aliphatic heterocycles. The van der Waals surface area contributed by atoms with Crippen molar-refractivity contribution in [2.75, 3.05) is 19.6 Å². The summed E-state index contributed by atoms with van der Waals surface area (Å²) in [6.07, 6.45) is 3.34. The van der Waals surface area contributed by atoms with Crippen LogP contribution in [0.1, 0.15) is 38.1 Å². The van der Waals surface area contributed by atoms with Gasteiger partial charge in [-0.3, -0.25) is 0 Å². The monoisotopic (exact) mass is 309 g/mol. The molecule has 1 aliphatic rings. The Balaban J connectivity index is 1.91. The highest BCUT2D eigenvalue weighted by molar-refractivity contribution is 6.16. The van der Waals surface area contributed by atoms with Crippen molar-refractivity contribution < 1.29 is 4.39 Å². The summed E-state index contributed by atoms with van der Waals surface area (Å²) in [7, 11) is 0. The number of benzene rings is 1. The largest absolute Gasteiger partial charge is 0.324 e. The standard InChI is InChI=1S/C16H21ClFN3/c1-2-7-20-8-5-13(6-9-20)21-15-10-12(18)3-4-14(15)19-16(21)11-17/h3-4,10,13H,2,5-9,11H2,1H3. The molecule has 21 heavy (non-hydrogen) atoms. The summed E-state index contributed by atoms with van der Waals surface area (Å²) in [4.78, 5) is 7.05. The summed E-state index contributed by atoms with van der Waals surface area (Å²) in [5.74, 6) is 1.00. The third-order valence-corrected chi connectivity index (χ3v) is 4.55. The van der Waals surface area contributed by atoms with Crippen molar-refractivity contribution in [1.29, 1.82) is 0 Å². The smallest absolute Gasteiger partial charge is 0.125 e. The molecule has 5 heteroatoms. The zero-order valence-electron chi connectivity index (χ0n) is 12.4. The highest BCUT2D eigenvalue weighted by Gasteiger charge is 2.24. The Morgan fingerprint density at radius 3 is 2.76 bits per heavy atom. The Kier molecular flexibility index (Phi) is 4.45. The molecular formula is C16H21ClFN3. The van der Waals surface area contributed by atoms with Crippen LogP contribution in [0.25, 0.3) is 11.0 Å². The molecule has 0 radical (unpaired) electrons. The first kappa shape index (κ1) is 14.8. The third kappa shape index (κ3) is 2.92. The van der Waals surface area contributed by atoms with E-state index in [1.807, 2.05) is 0 Å². The highest BCUT2D eigenvalue weighted by atomic mass is 35.5. The fourth-order valence-electron chi connectivity index (χ4n) is 3.34. The molecular weight excluding hydrogens is 289 g/mol. The normalized spacial score (nSPS) is 17.7. The van der Waals surface area contributed by atoms with Gasteiger partial charge in [0, 0.05) is 19.1 Å². The van der Waals surface area contributed by atoms with Gasteiger partial charge >= 0.3 is 0 Å². The zero-order valence-corrected chi connectivity index (χ0v) is 13.1. The molecule has 0 bridgehead atoms. The Bertz CT molecular complexity index is 617. The van der Waals surface area contributed by atoms with E-state index in [1.165, 1.54) is 12.5 Å². The van der Waals surface area contributed by atoms with E-state index in [4.69, 9.17) is 11.6 Å². The van der Waals surface area contributed by atoms with Crippen molar-refractivity contribution in [3.05, 3.63) is 29.8 Å². The van der Waals surface area contributed by atoms with Crippen molar-refractivity contribution in [1.82, 2.24) is 14.5 Å². The van der Waals surface area contributed by atoms with E-state index in [9.17, 15) is 4.39 Å². The number of aromatic nitrogens is 2. The molecule has 0 unspecified atom stereocenters. The van der Waals surface area contributed by atoms with Gasteiger partial charge in [0.1, 0.15) is 11.6 Å². The highest BCUT2D eigenvalue weighted by Crippen LogP contribution is 2.30. The van der Waals surface area contributed by atoms with Gasteiger partial charge in [0.05, 0.1) is 16.9 Å². The van der Waals surface area contributed by atoms with Crippen LogP contribution in [0.15, 0.2) is 18.2 Å². The fourth-order valence-corrected chi connectivity index (χ4v) is 3.52. The molecule has 0 atom stereocenters. The number of nitrogens with zero attached hydrogens (tertiary/aromatic N) is 3. The third-order valence-electron chi connectivity index (χ3n) is 4.31. The summed E-state index contributed by atoms with van der Waals surface area (Å²) in [6.45, 7) is 5.56. The second kappa shape index (κ2) is 6.32. The summed E-state index contributed by atoms with van der Waals surface area (Å²) in [5, 5.41) is 0. The molecule has 114 valence electrons. The second-order valence-corrected chi connectivity index (χ2v) is 6.00. The van der Waals surface area contributed by atoms with Crippen molar-refractivity contribution in [3.8, 4) is 0 Å². The lowest BCUT2D eigenvalue weighted by Gasteiger charge is -2.33. The van der Waals surface area contributed by atoms with Crippen molar-refractivity contribution in [3.63, 3.8) is 0 Å². The van der Waals surface area contributed by atoms with Gasteiger partial charge in [-0.2, -0.15) is 0 Å². The lowest BCUT2D eigenvalue weighted by molar-refractivity contribution is 0.187. The first-order valence-corrected chi connectivity index (χ1v) is 8.21. The van der Waals surface area contributed by atoms with Gasteiger partial charge in [-0.05, 0) is 44.0 Å². The minimum Gasteiger partial charge on any atom is -0.324 e. The average Bonchev–Trinajstić information content (AvgIpc) is 2.86. The van der Waals surface area contributed by atoms with Crippen molar-refractivity contribution in [2.45, 2.75) is 38.1 Å². The zero-order chi connectivity index (χ0) is 14.8. The summed E-state index contributed by atoms with van der Waals surface area (Å²) in [5.41, 5.74) is 1.71. The summed E-state index contributed by atoms with van der Waals surface area (Å²) in [6, 6.07) is 5.15. The number of hydrogen-bond donors (Lipinski definition) is 0. The molecule has 0 aliphatic carbocycles. The van der Waals surface area contributed by atoms with Crippen LogP contribution in [-0.4, -0.2) is 34.1 Å². The van der Waals surface area contributed by atoms with E-state index in [2.05, 4.69) is 21.4 Å². The molecule has 2 aromatic rings. The number of fused-ring (bicyclic) bond motifs is 1. The number of hydrogen-bond acceptors (Lipinski definition) is 2. The van der Waals surface area contributed by atoms with Gasteiger partial charge in [0.25, 0.3) is 0 Å². The van der Waals surface area contributed by atoms with Crippen LogP contribution < -0.4 is 0 Å². The van der Waals surface area contributed by atoms with E-state index in [0.717, 1.165) is 49.3 Å². The van der Waals surface area contributed by atoms with Crippen molar-refractivity contribution >= 4 is 22.6 Å². The predicted octanol–water partition coefficient (Wildman–Crippen LogP) is 3.96. The Labute approximate surface area is 129 Å². The van der Waals surface area contributed by atoms with Gasteiger partial charge < -0.3 is 9.47 Å². The minimum absolute atomic E-state index is 0.215. The number of piperidine rings is 1. The van der Waals surface area contributed by atoms with Crippen LogP contribution >= 0.6 is 11.6 Å². The van der Waals surface area contributed by atoms with Crippen LogP contribution in [0.5, 0.6) is 0 Å². The van der Waals surface area contributed by atoms with Crippen LogP contribution in [0.3, 0.4) is 0 Å². The molecule has 1 aromatic carbocycles. The summed E-state index contributed by atoms with van der Waals surface area (Å²) < 4.78 is 15.7. The Hall–Kier alpha value is -1.13. The maximum Gasteiger partial charge on any atom is 0.125 e. The van der Waals surface area contributed by atoms with Gasteiger partial charge in [0.15, 0.2) is 0 Å². The second-order valence-electron chi connectivity index (χ2n) is 5.74. The van der Waals surface area contributed by atoms with Gasteiger partial charge in [-0.15, -0.1) is 11.6 Å². The van der Waals surface area contributed by atoms with E-state index in [0.29, 0.717) is 11.9 Å². The molecule has 2 heterocycles. The molecule has 0 saturated carbocycles. The molecule has 0 amide bonds. The lowest BCUT2D eigenvalue weighted by Crippen LogP contribution is -2.35. The quantitative estimate of drug-likeness (QED) is 0.797. The Morgan fingerprint density at radius 2 is 2.10 bits per heavy atom. The van der Waals surface area contributed by atoms with E-state index < -0.39 is 0 Å².